The summed E-state index contributed by atoms with van der Waals surface area (Å²) in [5.74, 6) is -1.73. The predicted molar refractivity (Wildman–Crippen MR) is 55.8 cm³/mol. The molecule has 0 radical (unpaired) electrons. The number of rotatable bonds is 7. The van der Waals surface area contributed by atoms with Crippen molar-refractivity contribution in [2.45, 2.75) is 25.3 Å². The Morgan fingerprint density at radius 3 is 2.40 bits per heavy atom. The molecule has 0 unspecified atom stereocenters. The van der Waals surface area contributed by atoms with Gasteiger partial charge in [-0.05, 0) is 25.8 Å². The van der Waals surface area contributed by atoms with E-state index < -0.39 is 17.9 Å². The maximum atomic E-state index is 11.1. The summed E-state index contributed by atoms with van der Waals surface area (Å²) in [6.45, 7) is 3.72. The van der Waals surface area contributed by atoms with E-state index in [1.165, 1.54) is 0 Å². The third kappa shape index (κ3) is 5.69. The van der Waals surface area contributed by atoms with Crippen LogP contribution in [0.5, 0.6) is 0 Å². The molecule has 6 N–H and O–H groups in total. The van der Waals surface area contributed by atoms with Gasteiger partial charge in [0.05, 0.1) is 5.70 Å². The van der Waals surface area contributed by atoms with Crippen molar-refractivity contribution >= 4 is 11.9 Å². The van der Waals surface area contributed by atoms with Crippen LogP contribution in [0.2, 0.25) is 0 Å². The second kappa shape index (κ2) is 6.83. The van der Waals surface area contributed by atoms with Crippen molar-refractivity contribution in [3.63, 3.8) is 0 Å². The highest BCUT2D eigenvalue weighted by molar-refractivity contribution is 5.94. The summed E-state index contributed by atoms with van der Waals surface area (Å²) < 4.78 is 0. The Morgan fingerprint density at radius 1 is 1.40 bits per heavy atom. The summed E-state index contributed by atoms with van der Waals surface area (Å²) >= 11 is 0. The topological polar surface area (TPSA) is 118 Å². The molecule has 1 amide bonds. The standard InChI is InChI=1S/C9H17N3O3/c1-6(11)8(13)12-7(9(14)15)4-2-3-5-10/h7H,1-5,10-11H2,(H,12,13)(H,14,15)/t7-/m0/s1. The zero-order valence-electron chi connectivity index (χ0n) is 8.53. The minimum atomic E-state index is -1.08. The van der Waals surface area contributed by atoms with E-state index in [9.17, 15) is 9.59 Å². The minimum Gasteiger partial charge on any atom is -0.480 e. The predicted octanol–water partition coefficient (Wildman–Crippen LogP) is -0.843. The summed E-state index contributed by atoms with van der Waals surface area (Å²) in [4.78, 5) is 21.8. The van der Waals surface area contributed by atoms with Crippen LogP contribution in [-0.4, -0.2) is 29.6 Å². The monoisotopic (exact) mass is 215 g/mol. The maximum Gasteiger partial charge on any atom is 0.326 e. The van der Waals surface area contributed by atoms with Gasteiger partial charge in [-0.3, -0.25) is 4.79 Å². The Labute approximate surface area is 88.3 Å². The number of hydrogen-bond acceptors (Lipinski definition) is 4. The highest BCUT2D eigenvalue weighted by Crippen LogP contribution is 2.01. The van der Waals surface area contributed by atoms with Crippen LogP contribution in [0, 0.1) is 0 Å². The fourth-order valence-corrected chi connectivity index (χ4v) is 1.00. The van der Waals surface area contributed by atoms with E-state index in [0.29, 0.717) is 19.4 Å². The van der Waals surface area contributed by atoms with Gasteiger partial charge in [-0.15, -0.1) is 0 Å². The van der Waals surface area contributed by atoms with Gasteiger partial charge in [0.2, 0.25) is 0 Å². The second-order valence-corrected chi connectivity index (χ2v) is 3.17. The normalized spacial score (nSPS) is 11.8. The number of carbonyl (C=O) groups is 2. The Balaban J connectivity index is 4.10. The molecule has 0 aromatic rings. The quantitative estimate of drug-likeness (QED) is 0.326. The summed E-state index contributed by atoms with van der Waals surface area (Å²) in [6, 6.07) is -0.927. The number of aliphatic carboxylic acids is 1. The van der Waals surface area contributed by atoms with E-state index in [4.69, 9.17) is 16.6 Å². The Kier molecular flexibility index (Phi) is 6.12. The van der Waals surface area contributed by atoms with E-state index in [0.717, 1.165) is 6.42 Å². The average molecular weight is 215 g/mol. The molecule has 0 aromatic heterocycles. The molecule has 86 valence electrons. The van der Waals surface area contributed by atoms with Crippen LogP contribution in [0.15, 0.2) is 12.3 Å². The van der Waals surface area contributed by atoms with Crippen molar-refractivity contribution < 1.29 is 14.7 Å². The van der Waals surface area contributed by atoms with Crippen LogP contribution in [0.3, 0.4) is 0 Å². The van der Waals surface area contributed by atoms with Crippen LogP contribution >= 0.6 is 0 Å². The van der Waals surface area contributed by atoms with Crippen molar-refractivity contribution in [1.29, 1.82) is 0 Å². The van der Waals surface area contributed by atoms with E-state index in [1.807, 2.05) is 0 Å². The van der Waals surface area contributed by atoms with Gasteiger partial charge >= 0.3 is 5.97 Å². The van der Waals surface area contributed by atoms with Crippen molar-refractivity contribution in [2.75, 3.05) is 6.54 Å². The Morgan fingerprint density at radius 2 is 2.00 bits per heavy atom. The first-order valence-corrected chi connectivity index (χ1v) is 4.67. The lowest BCUT2D eigenvalue weighted by atomic mass is 10.1. The first kappa shape index (κ1) is 13.4. The molecule has 1 atom stereocenters. The number of carbonyl (C=O) groups excluding carboxylic acids is 1. The molecule has 0 fully saturated rings. The molecule has 15 heavy (non-hydrogen) atoms. The smallest absolute Gasteiger partial charge is 0.326 e. The Bertz CT molecular complexity index is 253. The number of amides is 1. The zero-order valence-corrected chi connectivity index (χ0v) is 8.53. The third-order valence-electron chi connectivity index (χ3n) is 1.84. The average Bonchev–Trinajstić information content (AvgIpc) is 2.15. The fourth-order valence-electron chi connectivity index (χ4n) is 1.00. The molecule has 6 nitrogen and oxygen atoms in total. The number of carboxylic acids is 1. The van der Waals surface area contributed by atoms with Crippen LogP contribution in [0.25, 0.3) is 0 Å². The van der Waals surface area contributed by atoms with Crippen LogP contribution < -0.4 is 16.8 Å². The molecular formula is C9H17N3O3. The molecule has 0 heterocycles. The van der Waals surface area contributed by atoms with Crippen molar-refractivity contribution in [3.05, 3.63) is 12.3 Å². The van der Waals surface area contributed by atoms with Gasteiger partial charge in [-0.25, -0.2) is 4.79 Å². The molecule has 0 aliphatic carbocycles. The maximum absolute atomic E-state index is 11.1. The van der Waals surface area contributed by atoms with Crippen molar-refractivity contribution in [3.8, 4) is 0 Å². The van der Waals surface area contributed by atoms with E-state index in [2.05, 4.69) is 11.9 Å². The molecule has 0 rings (SSSR count). The minimum absolute atomic E-state index is 0.194. The molecule has 0 saturated carbocycles. The number of nitrogens with two attached hydrogens (primary N) is 2. The van der Waals surface area contributed by atoms with Crippen LogP contribution in [-0.2, 0) is 9.59 Å². The largest absolute Gasteiger partial charge is 0.480 e. The molecule has 0 aromatic carbocycles. The van der Waals surface area contributed by atoms with Gasteiger partial charge in [0, 0.05) is 0 Å². The lowest BCUT2D eigenvalue weighted by Gasteiger charge is -2.13. The molecule has 0 aliphatic heterocycles. The lowest BCUT2D eigenvalue weighted by molar-refractivity contribution is -0.141. The second-order valence-electron chi connectivity index (χ2n) is 3.17. The molecule has 6 heteroatoms. The Hall–Kier alpha value is -1.56. The van der Waals surface area contributed by atoms with Gasteiger partial charge in [0.15, 0.2) is 0 Å². The number of carboxylic acid groups (broad SMARTS) is 1. The van der Waals surface area contributed by atoms with Gasteiger partial charge < -0.3 is 21.9 Å². The van der Waals surface area contributed by atoms with Crippen molar-refractivity contribution in [1.82, 2.24) is 5.32 Å². The van der Waals surface area contributed by atoms with Crippen LogP contribution in [0.4, 0.5) is 0 Å². The summed E-state index contributed by atoms with van der Waals surface area (Å²) in [5.41, 5.74) is 10.2. The highest BCUT2D eigenvalue weighted by atomic mass is 16.4. The van der Waals surface area contributed by atoms with Gasteiger partial charge in [-0.2, -0.15) is 0 Å². The highest BCUT2D eigenvalue weighted by Gasteiger charge is 2.19. The molecular weight excluding hydrogens is 198 g/mol. The van der Waals surface area contributed by atoms with Gasteiger partial charge in [-0.1, -0.05) is 6.58 Å². The first-order chi connectivity index (χ1) is 6.99. The molecule has 0 saturated heterocycles. The van der Waals surface area contributed by atoms with Crippen molar-refractivity contribution in [2.24, 2.45) is 11.5 Å². The summed E-state index contributed by atoms with van der Waals surface area (Å²) in [7, 11) is 0. The summed E-state index contributed by atoms with van der Waals surface area (Å²) in [6.07, 6.45) is 1.71. The molecule has 0 aliphatic rings. The fraction of sp³-hybridized carbons (Fsp3) is 0.556. The molecule has 0 bridgehead atoms. The lowest BCUT2D eigenvalue weighted by Crippen LogP contribution is -2.42. The number of nitrogens with one attached hydrogen (secondary N) is 1. The van der Waals surface area contributed by atoms with Gasteiger partial charge in [0.1, 0.15) is 6.04 Å². The van der Waals surface area contributed by atoms with E-state index in [1.54, 1.807) is 0 Å². The zero-order chi connectivity index (χ0) is 11.8. The van der Waals surface area contributed by atoms with Crippen LogP contribution in [0.1, 0.15) is 19.3 Å². The van der Waals surface area contributed by atoms with Gasteiger partial charge in [0.25, 0.3) is 5.91 Å². The third-order valence-corrected chi connectivity index (χ3v) is 1.84. The molecule has 0 spiro atoms. The van der Waals surface area contributed by atoms with E-state index in [-0.39, 0.29) is 5.70 Å². The number of unbranched alkanes of at least 4 members (excludes halogenated alkanes) is 1. The number of hydrogen-bond donors (Lipinski definition) is 4. The first-order valence-electron chi connectivity index (χ1n) is 4.67. The van der Waals surface area contributed by atoms with E-state index >= 15 is 0 Å². The SMILES string of the molecule is C=C(N)C(=O)N[C@@H](CCCCN)C(=O)O. The summed E-state index contributed by atoms with van der Waals surface area (Å²) in [5, 5.41) is 11.1.